The van der Waals surface area contributed by atoms with Crippen LogP contribution in [0, 0.1) is 13.8 Å². The van der Waals surface area contributed by atoms with Crippen molar-refractivity contribution in [3.63, 3.8) is 0 Å². The molecule has 1 aromatic heterocycles. The first-order valence-electron chi connectivity index (χ1n) is 10.9. The zero-order valence-electron chi connectivity index (χ0n) is 18.9. The van der Waals surface area contributed by atoms with E-state index in [9.17, 15) is 4.79 Å². The minimum absolute atomic E-state index is 0. The molecular formula is C23H35IN6O. The van der Waals surface area contributed by atoms with Crippen LogP contribution in [0.15, 0.2) is 35.3 Å². The van der Waals surface area contributed by atoms with E-state index in [0.29, 0.717) is 19.5 Å². The fraction of sp³-hybridized carbons (Fsp3) is 0.522. The summed E-state index contributed by atoms with van der Waals surface area (Å²) in [6.07, 6.45) is 2.63. The number of guanidine groups is 1. The minimum atomic E-state index is 0. The molecule has 2 aromatic rings. The maximum absolute atomic E-state index is 11.9. The largest absolute Gasteiger partial charge is 0.357 e. The number of carbonyl (C=O) groups is 1. The highest BCUT2D eigenvalue weighted by atomic mass is 127. The number of aromatic nitrogens is 2. The smallest absolute Gasteiger partial charge is 0.222 e. The van der Waals surface area contributed by atoms with E-state index in [4.69, 9.17) is 4.99 Å². The zero-order chi connectivity index (χ0) is 21.3. The van der Waals surface area contributed by atoms with E-state index in [1.54, 1.807) is 0 Å². The van der Waals surface area contributed by atoms with E-state index in [1.165, 1.54) is 11.3 Å². The highest BCUT2D eigenvalue weighted by Crippen LogP contribution is 2.15. The first kappa shape index (κ1) is 25.2. The number of hydrogen-bond donors (Lipinski definition) is 2. The van der Waals surface area contributed by atoms with E-state index in [2.05, 4.69) is 64.6 Å². The third-order valence-electron chi connectivity index (χ3n) is 5.24. The molecule has 7 nitrogen and oxygen atoms in total. The molecule has 1 aliphatic rings. The SMILES string of the molecule is CCNC(=NCc1cccc(CN2CCCC2=O)c1)NCCCn1nc(C)cc1C.I. The van der Waals surface area contributed by atoms with E-state index in [1.807, 2.05) is 11.8 Å². The van der Waals surface area contributed by atoms with Gasteiger partial charge in [0.25, 0.3) is 0 Å². The van der Waals surface area contributed by atoms with Crippen LogP contribution >= 0.6 is 24.0 Å². The summed E-state index contributed by atoms with van der Waals surface area (Å²) < 4.78 is 2.05. The van der Waals surface area contributed by atoms with Crippen molar-refractivity contribution in [2.75, 3.05) is 19.6 Å². The molecule has 2 N–H and O–H groups in total. The standard InChI is InChI=1S/C23H34N6O.HI/c1-4-24-23(25-11-7-13-29-19(3)14-18(2)27-29)26-16-20-8-5-9-21(15-20)17-28-12-6-10-22(28)30;/h5,8-9,14-15H,4,6-7,10-13,16-17H2,1-3H3,(H2,24,25,26);1H. The number of likely N-dealkylation sites (tertiary alicyclic amines) is 1. The van der Waals surface area contributed by atoms with Crippen LogP contribution in [0.5, 0.6) is 0 Å². The van der Waals surface area contributed by atoms with E-state index < -0.39 is 0 Å². The number of halogens is 1. The van der Waals surface area contributed by atoms with Crippen LogP contribution in [-0.4, -0.2) is 46.2 Å². The zero-order valence-corrected chi connectivity index (χ0v) is 21.2. The molecular weight excluding hydrogens is 503 g/mol. The van der Waals surface area contributed by atoms with Gasteiger partial charge in [0.05, 0.1) is 12.2 Å². The molecule has 0 spiro atoms. The van der Waals surface area contributed by atoms with E-state index >= 15 is 0 Å². The second kappa shape index (κ2) is 12.7. The van der Waals surface area contributed by atoms with Crippen molar-refractivity contribution < 1.29 is 4.79 Å². The monoisotopic (exact) mass is 538 g/mol. The topological polar surface area (TPSA) is 74.6 Å². The molecule has 2 heterocycles. The molecule has 3 rings (SSSR count). The fourth-order valence-electron chi connectivity index (χ4n) is 3.77. The van der Waals surface area contributed by atoms with Gasteiger partial charge >= 0.3 is 0 Å². The van der Waals surface area contributed by atoms with Crippen molar-refractivity contribution in [3.8, 4) is 0 Å². The van der Waals surface area contributed by atoms with Crippen molar-refractivity contribution in [3.05, 3.63) is 52.8 Å². The number of aryl methyl sites for hydroxylation is 3. The van der Waals surface area contributed by atoms with E-state index in [-0.39, 0.29) is 29.9 Å². The Morgan fingerprint density at radius 1 is 1.19 bits per heavy atom. The van der Waals surface area contributed by atoms with Crippen molar-refractivity contribution in [1.29, 1.82) is 0 Å². The number of hydrogen-bond acceptors (Lipinski definition) is 3. The summed E-state index contributed by atoms with van der Waals surface area (Å²) in [4.78, 5) is 18.5. The van der Waals surface area contributed by atoms with Gasteiger partial charge < -0.3 is 15.5 Å². The Balaban J connectivity index is 0.00000341. The predicted molar refractivity (Wildman–Crippen MR) is 136 cm³/mol. The Bertz CT molecular complexity index is 879. The number of benzene rings is 1. The molecule has 1 amide bonds. The molecule has 1 aliphatic heterocycles. The average molecular weight is 538 g/mol. The average Bonchev–Trinajstić information content (AvgIpc) is 3.27. The number of nitrogens with one attached hydrogen (secondary N) is 2. The van der Waals surface area contributed by atoms with Gasteiger partial charge in [-0.2, -0.15) is 5.10 Å². The van der Waals surface area contributed by atoms with Gasteiger partial charge in [0, 0.05) is 44.8 Å². The molecule has 0 radical (unpaired) electrons. The number of aliphatic imine (C=N–C) groups is 1. The van der Waals surface area contributed by atoms with Crippen LogP contribution in [0.1, 0.15) is 48.7 Å². The van der Waals surface area contributed by atoms with Gasteiger partial charge in [-0.15, -0.1) is 24.0 Å². The van der Waals surface area contributed by atoms with Gasteiger partial charge in [-0.3, -0.25) is 9.48 Å². The lowest BCUT2D eigenvalue weighted by Crippen LogP contribution is -2.38. The Hall–Kier alpha value is -2.10. The minimum Gasteiger partial charge on any atom is -0.357 e. The molecule has 0 atom stereocenters. The molecule has 170 valence electrons. The highest BCUT2D eigenvalue weighted by Gasteiger charge is 2.19. The lowest BCUT2D eigenvalue weighted by molar-refractivity contribution is -0.128. The molecule has 1 saturated heterocycles. The molecule has 0 aliphatic carbocycles. The maximum Gasteiger partial charge on any atom is 0.222 e. The van der Waals surface area contributed by atoms with Crippen LogP contribution < -0.4 is 10.6 Å². The normalized spacial score (nSPS) is 14.0. The third kappa shape index (κ3) is 7.83. The molecule has 1 fully saturated rings. The summed E-state index contributed by atoms with van der Waals surface area (Å²) in [5, 5.41) is 11.2. The Morgan fingerprint density at radius 2 is 2.00 bits per heavy atom. The predicted octanol–water partition coefficient (Wildman–Crippen LogP) is 3.39. The summed E-state index contributed by atoms with van der Waals surface area (Å²) >= 11 is 0. The van der Waals surface area contributed by atoms with Gasteiger partial charge in [-0.25, -0.2) is 4.99 Å². The summed E-state index contributed by atoms with van der Waals surface area (Å²) in [6, 6.07) is 10.5. The van der Waals surface area contributed by atoms with E-state index in [0.717, 1.165) is 56.2 Å². The second-order valence-corrected chi connectivity index (χ2v) is 7.86. The summed E-state index contributed by atoms with van der Waals surface area (Å²) in [7, 11) is 0. The summed E-state index contributed by atoms with van der Waals surface area (Å²) in [5.41, 5.74) is 4.58. The van der Waals surface area contributed by atoms with Crippen LogP contribution in [0.3, 0.4) is 0 Å². The molecule has 0 unspecified atom stereocenters. The van der Waals surface area contributed by atoms with Gasteiger partial charge in [0.15, 0.2) is 5.96 Å². The number of nitrogens with zero attached hydrogens (tertiary/aromatic N) is 4. The Labute approximate surface area is 202 Å². The van der Waals surface area contributed by atoms with Crippen LogP contribution in [0.2, 0.25) is 0 Å². The van der Waals surface area contributed by atoms with Gasteiger partial charge in [-0.05, 0) is 50.8 Å². The van der Waals surface area contributed by atoms with Crippen LogP contribution in [0.25, 0.3) is 0 Å². The molecule has 31 heavy (non-hydrogen) atoms. The molecule has 8 heteroatoms. The maximum atomic E-state index is 11.9. The van der Waals surface area contributed by atoms with Crippen molar-refractivity contribution in [2.45, 2.75) is 59.7 Å². The molecule has 1 aromatic carbocycles. The summed E-state index contributed by atoms with van der Waals surface area (Å²) in [5.74, 6) is 1.09. The quantitative estimate of drug-likeness (QED) is 0.222. The highest BCUT2D eigenvalue weighted by molar-refractivity contribution is 14.0. The Kier molecular flexibility index (Phi) is 10.3. The second-order valence-electron chi connectivity index (χ2n) is 7.86. The van der Waals surface area contributed by atoms with Crippen LogP contribution in [-0.2, 0) is 24.4 Å². The number of carbonyl (C=O) groups excluding carboxylic acids is 1. The van der Waals surface area contributed by atoms with Gasteiger partial charge in [-0.1, -0.05) is 24.3 Å². The first-order valence-corrected chi connectivity index (χ1v) is 10.9. The van der Waals surface area contributed by atoms with Crippen molar-refractivity contribution in [1.82, 2.24) is 25.3 Å². The summed E-state index contributed by atoms with van der Waals surface area (Å²) in [6.45, 7) is 10.9. The molecule has 0 saturated carbocycles. The van der Waals surface area contributed by atoms with Gasteiger partial charge in [0.1, 0.15) is 0 Å². The fourth-order valence-corrected chi connectivity index (χ4v) is 3.77. The number of amides is 1. The van der Waals surface area contributed by atoms with Crippen molar-refractivity contribution in [2.24, 2.45) is 4.99 Å². The Morgan fingerprint density at radius 3 is 2.68 bits per heavy atom. The number of rotatable bonds is 9. The van der Waals surface area contributed by atoms with Crippen molar-refractivity contribution >= 4 is 35.8 Å². The first-order chi connectivity index (χ1) is 14.5. The lowest BCUT2D eigenvalue weighted by atomic mass is 10.1. The molecule has 0 bridgehead atoms. The lowest BCUT2D eigenvalue weighted by Gasteiger charge is -2.16. The van der Waals surface area contributed by atoms with Gasteiger partial charge in [0.2, 0.25) is 5.91 Å². The third-order valence-corrected chi connectivity index (χ3v) is 5.24. The van der Waals surface area contributed by atoms with Crippen LogP contribution in [0.4, 0.5) is 0 Å².